The molecule has 0 spiro atoms. The van der Waals surface area contributed by atoms with E-state index in [1.807, 2.05) is 6.92 Å². The first-order chi connectivity index (χ1) is 5.83. The molecule has 3 heteroatoms. The molecule has 0 aromatic rings. The number of ether oxygens (including phenoxy) is 3. The Hall–Kier alpha value is -0.120. The van der Waals surface area contributed by atoms with Crippen molar-refractivity contribution in [2.24, 2.45) is 0 Å². The Kier molecular flexibility index (Phi) is 4.58. The second-order valence-electron chi connectivity index (χ2n) is 3.12. The van der Waals surface area contributed by atoms with E-state index in [2.05, 4.69) is 6.92 Å². The van der Waals surface area contributed by atoms with Gasteiger partial charge in [-0.1, -0.05) is 13.3 Å². The number of unbranched alkanes of at least 4 members (excludes halogenated alkanes) is 1. The van der Waals surface area contributed by atoms with E-state index < -0.39 is 6.48 Å². The highest BCUT2D eigenvalue weighted by Gasteiger charge is 2.19. The molecule has 0 unspecified atom stereocenters. The molecular formula is C9H18O3. The van der Waals surface area contributed by atoms with Gasteiger partial charge in [-0.15, -0.1) is 0 Å². The largest absolute Gasteiger partial charge is 0.330 e. The van der Waals surface area contributed by atoms with Gasteiger partial charge < -0.3 is 14.2 Å². The van der Waals surface area contributed by atoms with E-state index in [0.29, 0.717) is 0 Å². The van der Waals surface area contributed by atoms with Crippen LogP contribution in [0.2, 0.25) is 0 Å². The molecule has 0 amide bonds. The molecule has 0 aromatic carbocycles. The molecular weight excluding hydrogens is 156 g/mol. The summed E-state index contributed by atoms with van der Waals surface area (Å²) in [6, 6.07) is 0. The summed E-state index contributed by atoms with van der Waals surface area (Å²) >= 11 is 0. The number of hydrogen-bond donors (Lipinski definition) is 0. The molecule has 72 valence electrons. The van der Waals surface area contributed by atoms with Crippen LogP contribution in [0.1, 0.15) is 33.1 Å². The van der Waals surface area contributed by atoms with Crippen molar-refractivity contribution < 1.29 is 14.2 Å². The van der Waals surface area contributed by atoms with Gasteiger partial charge in [0.1, 0.15) is 0 Å². The molecule has 12 heavy (non-hydrogen) atoms. The molecule has 0 saturated carbocycles. The van der Waals surface area contributed by atoms with Crippen LogP contribution in [-0.2, 0) is 14.2 Å². The lowest BCUT2D eigenvalue weighted by atomic mass is 10.3. The van der Waals surface area contributed by atoms with Crippen LogP contribution in [0.25, 0.3) is 0 Å². The minimum absolute atomic E-state index is 0.269. The second kappa shape index (κ2) is 5.51. The van der Waals surface area contributed by atoms with Gasteiger partial charge in [-0.2, -0.15) is 0 Å². The molecule has 1 rings (SSSR count). The van der Waals surface area contributed by atoms with Crippen LogP contribution in [0, 0.1) is 0 Å². The first kappa shape index (κ1) is 9.96. The van der Waals surface area contributed by atoms with Crippen molar-refractivity contribution in [1.82, 2.24) is 0 Å². The summed E-state index contributed by atoms with van der Waals surface area (Å²) in [5, 5.41) is 0. The molecule has 1 saturated heterocycles. The van der Waals surface area contributed by atoms with Crippen LogP contribution in [-0.4, -0.2) is 25.8 Å². The van der Waals surface area contributed by atoms with E-state index in [9.17, 15) is 0 Å². The average molecular weight is 174 g/mol. The molecule has 1 fully saturated rings. The lowest BCUT2D eigenvalue weighted by molar-refractivity contribution is -0.327. The maximum atomic E-state index is 5.39. The highest BCUT2D eigenvalue weighted by Crippen LogP contribution is 2.12. The van der Waals surface area contributed by atoms with Crippen molar-refractivity contribution in [2.45, 2.75) is 45.7 Å². The number of rotatable bonds is 4. The van der Waals surface area contributed by atoms with Crippen molar-refractivity contribution in [3.8, 4) is 0 Å². The van der Waals surface area contributed by atoms with E-state index in [-0.39, 0.29) is 6.10 Å². The van der Waals surface area contributed by atoms with Gasteiger partial charge in [0.15, 0.2) is 0 Å². The van der Waals surface area contributed by atoms with Crippen molar-refractivity contribution in [1.29, 1.82) is 0 Å². The SMILES string of the molecule is CCCCO[C@@H]1OCC[C@@H](C)O1. The van der Waals surface area contributed by atoms with Gasteiger partial charge in [0.25, 0.3) is 6.48 Å². The van der Waals surface area contributed by atoms with Gasteiger partial charge in [-0.25, -0.2) is 0 Å². The Labute approximate surface area is 74.0 Å². The molecule has 2 atom stereocenters. The predicted octanol–water partition coefficient (Wildman–Crippen LogP) is 1.91. The standard InChI is InChI=1S/C9H18O3/c1-3-4-6-10-9-11-7-5-8(2)12-9/h8-9H,3-7H2,1-2H3/t8-,9-/m1/s1. The summed E-state index contributed by atoms with van der Waals surface area (Å²) in [6.45, 7) is 5.24. The van der Waals surface area contributed by atoms with E-state index >= 15 is 0 Å². The smallest absolute Gasteiger partial charge is 0.271 e. The second-order valence-corrected chi connectivity index (χ2v) is 3.12. The van der Waals surface area contributed by atoms with Crippen LogP contribution < -0.4 is 0 Å². The Morgan fingerprint density at radius 3 is 3.00 bits per heavy atom. The Balaban J connectivity index is 2.06. The van der Waals surface area contributed by atoms with Gasteiger partial charge in [0, 0.05) is 0 Å². The fraction of sp³-hybridized carbons (Fsp3) is 1.00. The van der Waals surface area contributed by atoms with Crippen LogP contribution in [0.15, 0.2) is 0 Å². The molecule has 0 radical (unpaired) electrons. The minimum Gasteiger partial charge on any atom is -0.330 e. The fourth-order valence-corrected chi connectivity index (χ4v) is 1.04. The van der Waals surface area contributed by atoms with E-state index in [1.165, 1.54) is 0 Å². The molecule has 3 nitrogen and oxygen atoms in total. The van der Waals surface area contributed by atoms with Crippen LogP contribution in [0.5, 0.6) is 0 Å². The quantitative estimate of drug-likeness (QED) is 0.609. The summed E-state index contributed by atoms with van der Waals surface area (Å²) in [7, 11) is 0. The first-order valence-corrected chi connectivity index (χ1v) is 4.71. The third kappa shape index (κ3) is 3.52. The maximum Gasteiger partial charge on any atom is 0.271 e. The number of hydrogen-bond acceptors (Lipinski definition) is 3. The first-order valence-electron chi connectivity index (χ1n) is 4.71. The highest BCUT2D eigenvalue weighted by molar-refractivity contribution is 4.53. The Bertz CT molecular complexity index is 116. The van der Waals surface area contributed by atoms with Gasteiger partial charge >= 0.3 is 0 Å². The molecule has 1 aliphatic rings. The van der Waals surface area contributed by atoms with Gasteiger partial charge in [0.05, 0.1) is 19.3 Å². The Morgan fingerprint density at radius 2 is 2.33 bits per heavy atom. The summed E-state index contributed by atoms with van der Waals surface area (Å²) in [5.41, 5.74) is 0. The Morgan fingerprint density at radius 1 is 1.50 bits per heavy atom. The summed E-state index contributed by atoms with van der Waals surface area (Å²) < 4.78 is 16.0. The zero-order chi connectivity index (χ0) is 8.81. The summed E-state index contributed by atoms with van der Waals surface area (Å²) in [5.74, 6) is 0. The lowest BCUT2D eigenvalue weighted by Crippen LogP contribution is -2.32. The van der Waals surface area contributed by atoms with Crippen molar-refractivity contribution in [2.75, 3.05) is 13.2 Å². The highest BCUT2D eigenvalue weighted by atomic mass is 16.8. The van der Waals surface area contributed by atoms with Crippen molar-refractivity contribution >= 4 is 0 Å². The summed E-state index contributed by atoms with van der Waals surface area (Å²) in [4.78, 5) is 0. The van der Waals surface area contributed by atoms with Crippen molar-refractivity contribution in [3.05, 3.63) is 0 Å². The van der Waals surface area contributed by atoms with Crippen LogP contribution >= 0.6 is 0 Å². The molecule has 1 aliphatic heterocycles. The fourth-order valence-electron chi connectivity index (χ4n) is 1.04. The van der Waals surface area contributed by atoms with E-state index in [0.717, 1.165) is 32.5 Å². The zero-order valence-electron chi connectivity index (χ0n) is 7.91. The third-order valence-electron chi connectivity index (χ3n) is 1.87. The van der Waals surface area contributed by atoms with Crippen molar-refractivity contribution in [3.63, 3.8) is 0 Å². The van der Waals surface area contributed by atoms with Gasteiger partial charge in [-0.05, 0) is 19.8 Å². The van der Waals surface area contributed by atoms with Gasteiger partial charge in [-0.3, -0.25) is 0 Å². The molecule has 1 heterocycles. The maximum absolute atomic E-state index is 5.39. The molecule has 0 N–H and O–H groups in total. The zero-order valence-corrected chi connectivity index (χ0v) is 7.91. The average Bonchev–Trinajstić information content (AvgIpc) is 2.05. The lowest BCUT2D eigenvalue weighted by Gasteiger charge is -2.27. The monoisotopic (exact) mass is 174 g/mol. The predicted molar refractivity (Wildman–Crippen MR) is 45.8 cm³/mol. The van der Waals surface area contributed by atoms with Gasteiger partial charge in [0.2, 0.25) is 0 Å². The molecule has 0 bridgehead atoms. The third-order valence-corrected chi connectivity index (χ3v) is 1.87. The topological polar surface area (TPSA) is 27.7 Å². The van der Waals surface area contributed by atoms with E-state index in [4.69, 9.17) is 14.2 Å². The molecule has 0 aliphatic carbocycles. The van der Waals surface area contributed by atoms with E-state index in [1.54, 1.807) is 0 Å². The van der Waals surface area contributed by atoms with Crippen LogP contribution in [0.3, 0.4) is 0 Å². The molecule has 0 aromatic heterocycles. The summed E-state index contributed by atoms with van der Waals surface area (Å²) in [6.07, 6.45) is 3.44. The normalized spacial score (nSPS) is 30.5. The van der Waals surface area contributed by atoms with Crippen LogP contribution in [0.4, 0.5) is 0 Å². The minimum atomic E-state index is -0.416.